The van der Waals surface area contributed by atoms with Crippen LogP contribution in [0.4, 0.5) is 17.5 Å². The molecule has 2 N–H and O–H groups in total. The van der Waals surface area contributed by atoms with Gasteiger partial charge in [-0.3, -0.25) is 4.98 Å². The minimum Gasteiger partial charge on any atom is -0.367 e. The summed E-state index contributed by atoms with van der Waals surface area (Å²) in [4.78, 5) is 28.3. The predicted molar refractivity (Wildman–Crippen MR) is 145 cm³/mol. The summed E-state index contributed by atoms with van der Waals surface area (Å²) in [6.07, 6.45) is 16.9. The molecular formula is C29H42N6O. The number of carbonyl (C=O) groups excluding carboxylic acids is 1. The first-order valence-electron chi connectivity index (χ1n) is 14.1. The Balaban J connectivity index is 1.30. The van der Waals surface area contributed by atoms with Crippen molar-refractivity contribution < 1.29 is 4.79 Å². The van der Waals surface area contributed by atoms with Crippen LogP contribution in [0.3, 0.4) is 0 Å². The Labute approximate surface area is 215 Å². The molecule has 2 aromatic rings. The van der Waals surface area contributed by atoms with Crippen molar-refractivity contribution in [2.75, 3.05) is 23.7 Å². The average Bonchev–Trinajstić information content (AvgIpc) is 3.41. The Kier molecular flexibility index (Phi) is 8.15. The van der Waals surface area contributed by atoms with E-state index in [9.17, 15) is 4.79 Å². The lowest BCUT2D eigenvalue weighted by molar-refractivity contribution is -0.118. The van der Waals surface area contributed by atoms with Gasteiger partial charge >= 0.3 is 0 Å². The van der Waals surface area contributed by atoms with Crippen molar-refractivity contribution in [3.8, 4) is 0 Å². The Morgan fingerprint density at radius 1 is 1.03 bits per heavy atom. The Bertz CT molecular complexity index is 1020. The van der Waals surface area contributed by atoms with Crippen LogP contribution in [0.2, 0.25) is 0 Å². The molecule has 3 heterocycles. The van der Waals surface area contributed by atoms with E-state index in [0.29, 0.717) is 29.6 Å². The van der Waals surface area contributed by atoms with Gasteiger partial charge < -0.3 is 20.3 Å². The number of aryl methyl sites for hydroxylation is 1. The molecule has 0 atom stereocenters. The molecule has 2 saturated carbocycles. The van der Waals surface area contributed by atoms with Gasteiger partial charge in [-0.2, -0.15) is 4.98 Å². The molecule has 0 amide bonds. The maximum Gasteiger partial charge on any atom is 0.229 e. The SMILES string of the molecule is CC(=O)CC1CCC(Nc2nc(Nc3ccnc(C)c3)ncc2C2CCN(C3CCCC3)CC2)CC1. The number of Topliss-reactive ketones (excluding diaryl/α,β-unsaturated/α-hetero) is 1. The van der Waals surface area contributed by atoms with Crippen molar-refractivity contribution in [1.82, 2.24) is 19.9 Å². The molecule has 2 aromatic heterocycles. The Morgan fingerprint density at radius 3 is 2.47 bits per heavy atom. The van der Waals surface area contributed by atoms with Crippen molar-refractivity contribution in [2.45, 2.75) is 102 Å². The monoisotopic (exact) mass is 490 g/mol. The van der Waals surface area contributed by atoms with Gasteiger partial charge in [-0.05, 0) is 102 Å². The molecule has 1 aliphatic heterocycles. The second-order valence-corrected chi connectivity index (χ2v) is 11.3. The number of ketones is 1. The molecule has 0 spiro atoms. The molecule has 7 nitrogen and oxygen atoms in total. The molecule has 0 bridgehead atoms. The van der Waals surface area contributed by atoms with E-state index in [1.54, 1.807) is 6.92 Å². The van der Waals surface area contributed by atoms with E-state index in [0.717, 1.165) is 55.3 Å². The summed E-state index contributed by atoms with van der Waals surface area (Å²) in [7, 11) is 0. The summed E-state index contributed by atoms with van der Waals surface area (Å²) >= 11 is 0. The molecule has 0 aromatic carbocycles. The highest BCUT2D eigenvalue weighted by Gasteiger charge is 2.30. The summed E-state index contributed by atoms with van der Waals surface area (Å²) in [5.41, 5.74) is 3.19. The van der Waals surface area contributed by atoms with E-state index < -0.39 is 0 Å². The number of piperidine rings is 1. The molecule has 1 saturated heterocycles. The van der Waals surface area contributed by atoms with Gasteiger partial charge in [0.05, 0.1) is 0 Å². The fourth-order valence-electron chi connectivity index (χ4n) is 6.57. The summed E-state index contributed by atoms with van der Waals surface area (Å²) in [5, 5.41) is 7.20. The minimum atomic E-state index is 0.315. The average molecular weight is 491 g/mol. The first kappa shape index (κ1) is 25.1. The number of hydrogen-bond acceptors (Lipinski definition) is 7. The maximum absolute atomic E-state index is 11.6. The molecular weight excluding hydrogens is 448 g/mol. The number of aromatic nitrogens is 3. The summed E-state index contributed by atoms with van der Waals surface area (Å²) in [6.45, 7) is 6.07. The summed E-state index contributed by atoms with van der Waals surface area (Å²) < 4.78 is 0. The summed E-state index contributed by atoms with van der Waals surface area (Å²) in [5.74, 6) is 2.97. The smallest absolute Gasteiger partial charge is 0.229 e. The highest BCUT2D eigenvalue weighted by Crippen LogP contribution is 2.37. The van der Waals surface area contributed by atoms with E-state index >= 15 is 0 Å². The molecule has 0 unspecified atom stereocenters. The van der Waals surface area contributed by atoms with Crippen LogP contribution < -0.4 is 10.6 Å². The van der Waals surface area contributed by atoms with Gasteiger partial charge in [0.25, 0.3) is 0 Å². The van der Waals surface area contributed by atoms with E-state index in [-0.39, 0.29) is 0 Å². The van der Waals surface area contributed by atoms with Crippen LogP contribution in [0, 0.1) is 12.8 Å². The fraction of sp³-hybridized carbons (Fsp3) is 0.655. The van der Waals surface area contributed by atoms with E-state index in [1.807, 2.05) is 25.3 Å². The van der Waals surface area contributed by atoms with Gasteiger partial charge in [-0.15, -0.1) is 0 Å². The van der Waals surface area contributed by atoms with Gasteiger partial charge in [-0.25, -0.2) is 4.98 Å². The van der Waals surface area contributed by atoms with Crippen LogP contribution in [0.1, 0.15) is 94.7 Å². The highest BCUT2D eigenvalue weighted by molar-refractivity contribution is 5.75. The Hall–Kier alpha value is -2.54. The number of hydrogen-bond donors (Lipinski definition) is 2. The largest absolute Gasteiger partial charge is 0.367 e. The topological polar surface area (TPSA) is 83.0 Å². The van der Waals surface area contributed by atoms with Crippen LogP contribution in [-0.2, 0) is 4.79 Å². The Morgan fingerprint density at radius 2 is 1.78 bits per heavy atom. The lowest BCUT2D eigenvalue weighted by atomic mass is 9.83. The van der Waals surface area contributed by atoms with E-state index in [1.165, 1.54) is 57.2 Å². The molecule has 3 fully saturated rings. The number of pyridine rings is 1. The lowest BCUT2D eigenvalue weighted by Crippen LogP contribution is -2.39. The van der Waals surface area contributed by atoms with Crippen LogP contribution in [0.5, 0.6) is 0 Å². The predicted octanol–water partition coefficient (Wildman–Crippen LogP) is 6.00. The van der Waals surface area contributed by atoms with Crippen molar-refractivity contribution in [1.29, 1.82) is 0 Å². The number of nitrogens with zero attached hydrogens (tertiary/aromatic N) is 4. The summed E-state index contributed by atoms with van der Waals surface area (Å²) in [6, 6.07) is 5.17. The standard InChI is InChI=1S/C29H42N6O/c1-20-17-25(11-14-30-20)33-29-31-19-27(23-12-15-35(16-13-23)26-5-3-4-6-26)28(34-29)32-24-9-7-22(8-10-24)18-21(2)36/h11,14,17,19,22-24,26H,3-10,12-13,15-16,18H2,1-2H3,(H2,30,31,32,33,34). The third kappa shape index (κ3) is 6.41. The number of anilines is 3. The maximum atomic E-state index is 11.6. The normalized spacial score (nSPS) is 24.1. The first-order valence-corrected chi connectivity index (χ1v) is 14.1. The number of rotatable bonds is 8. The highest BCUT2D eigenvalue weighted by atomic mass is 16.1. The second-order valence-electron chi connectivity index (χ2n) is 11.3. The lowest BCUT2D eigenvalue weighted by Gasteiger charge is -2.37. The van der Waals surface area contributed by atoms with Crippen molar-refractivity contribution in [2.24, 2.45) is 5.92 Å². The van der Waals surface area contributed by atoms with Gasteiger partial charge in [0, 0.05) is 47.8 Å². The number of nitrogens with one attached hydrogen (secondary N) is 2. The van der Waals surface area contributed by atoms with Crippen molar-refractivity contribution in [3.63, 3.8) is 0 Å². The molecule has 0 radical (unpaired) electrons. The zero-order chi connectivity index (χ0) is 24.9. The van der Waals surface area contributed by atoms with Gasteiger partial charge in [-0.1, -0.05) is 12.8 Å². The van der Waals surface area contributed by atoms with Gasteiger partial charge in [0.15, 0.2) is 0 Å². The zero-order valence-corrected chi connectivity index (χ0v) is 22.0. The van der Waals surface area contributed by atoms with Crippen molar-refractivity contribution in [3.05, 3.63) is 35.8 Å². The molecule has 194 valence electrons. The van der Waals surface area contributed by atoms with Crippen LogP contribution in [0.25, 0.3) is 0 Å². The number of carbonyl (C=O) groups is 1. The molecule has 3 aliphatic rings. The quantitative estimate of drug-likeness (QED) is 0.470. The first-order chi connectivity index (χ1) is 17.5. The molecule has 5 rings (SSSR count). The zero-order valence-electron chi connectivity index (χ0n) is 22.0. The van der Waals surface area contributed by atoms with Gasteiger partial charge in [0.1, 0.15) is 11.6 Å². The fourth-order valence-corrected chi connectivity index (χ4v) is 6.57. The second kappa shape index (κ2) is 11.7. The van der Waals surface area contributed by atoms with E-state index in [4.69, 9.17) is 9.97 Å². The van der Waals surface area contributed by atoms with Crippen LogP contribution in [0.15, 0.2) is 24.5 Å². The third-order valence-electron chi connectivity index (χ3n) is 8.54. The molecule has 2 aliphatic carbocycles. The van der Waals surface area contributed by atoms with E-state index in [2.05, 4.69) is 26.7 Å². The number of likely N-dealkylation sites (tertiary alicyclic amines) is 1. The minimum absolute atomic E-state index is 0.315. The van der Waals surface area contributed by atoms with Crippen LogP contribution in [-0.4, -0.2) is 50.8 Å². The van der Waals surface area contributed by atoms with Crippen molar-refractivity contribution >= 4 is 23.2 Å². The molecule has 7 heteroatoms. The van der Waals surface area contributed by atoms with Gasteiger partial charge in [0.2, 0.25) is 5.95 Å². The third-order valence-corrected chi connectivity index (χ3v) is 8.54. The molecule has 36 heavy (non-hydrogen) atoms. The van der Waals surface area contributed by atoms with Crippen LogP contribution >= 0.6 is 0 Å².